The SMILES string of the molecule is CCC(=O)NC1C(=O)N2CC(OC)(C(=O)O)CS[C@H]12. The number of nitrogens with one attached hydrogen (secondary N) is 1. The molecule has 2 heterocycles. The van der Waals surface area contributed by atoms with E-state index in [1.807, 2.05) is 0 Å². The number of carboxylic acid groups (broad SMARTS) is 1. The molecule has 0 bridgehead atoms. The summed E-state index contributed by atoms with van der Waals surface area (Å²) in [6, 6.07) is -0.541. The molecule has 3 atom stereocenters. The Hall–Kier alpha value is -1.28. The lowest BCUT2D eigenvalue weighted by molar-refractivity contribution is -0.170. The third kappa shape index (κ3) is 2.18. The van der Waals surface area contributed by atoms with Gasteiger partial charge in [0.1, 0.15) is 11.4 Å². The average Bonchev–Trinajstić information content (AvgIpc) is 2.43. The molecule has 0 aliphatic carbocycles. The van der Waals surface area contributed by atoms with E-state index in [1.54, 1.807) is 6.92 Å². The molecule has 0 aromatic carbocycles. The minimum Gasteiger partial charge on any atom is -0.479 e. The summed E-state index contributed by atoms with van der Waals surface area (Å²) >= 11 is 1.32. The second-order valence-corrected chi connectivity index (χ2v) is 5.68. The van der Waals surface area contributed by atoms with Crippen molar-refractivity contribution in [3.63, 3.8) is 0 Å². The molecule has 0 saturated carbocycles. The summed E-state index contributed by atoms with van der Waals surface area (Å²) in [6.07, 6.45) is 0.318. The lowest BCUT2D eigenvalue weighted by atomic mass is 9.99. The maximum absolute atomic E-state index is 11.9. The molecule has 0 aromatic rings. The van der Waals surface area contributed by atoms with Gasteiger partial charge >= 0.3 is 5.97 Å². The number of methoxy groups -OCH3 is 1. The van der Waals surface area contributed by atoms with Crippen molar-refractivity contribution in [2.24, 2.45) is 0 Å². The molecule has 2 fully saturated rings. The fraction of sp³-hybridized carbons (Fsp3) is 0.727. The van der Waals surface area contributed by atoms with E-state index in [1.165, 1.54) is 23.8 Å². The van der Waals surface area contributed by atoms with E-state index in [0.717, 1.165) is 0 Å². The van der Waals surface area contributed by atoms with Crippen molar-refractivity contribution in [3.8, 4) is 0 Å². The normalized spacial score (nSPS) is 33.4. The van der Waals surface area contributed by atoms with Gasteiger partial charge in [0.2, 0.25) is 11.8 Å². The molecule has 106 valence electrons. The largest absolute Gasteiger partial charge is 0.479 e. The lowest BCUT2D eigenvalue weighted by Crippen LogP contribution is -2.75. The molecule has 19 heavy (non-hydrogen) atoms. The molecule has 2 aliphatic rings. The van der Waals surface area contributed by atoms with Crippen molar-refractivity contribution in [1.82, 2.24) is 10.2 Å². The maximum Gasteiger partial charge on any atom is 0.338 e. The second kappa shape index (κ2) is 5.01. The smallest absolute Gasteiger partial charge is 0.338 e. The Labute approximate surface area is 114 Å². The van der Waals surface area contributed by atoms with E-state index in [2.05, 4.69) is 5.32 Å². The number of carbonyl (C=O) groups excluding carboxylic acids is 2. The van der Waals surface area contributed by atoms with Crippen molar-refractivity contribution in [1.29, 1.82) is 0 Å². The number of β-lactam (4-membered cyclic amide) rings is 1. The summed E-state index contributed by atoms with van der Waals surface area (Å²) in [5, 5.41) is 11.7. The first kappa shape index (κ1) is 14.1. The first-order valence-corrected chi connectivity index (χ1v) is 7.00. The third-order valence-corrected chi connectivity index (χ3v) is 4.97. The van der Waals surface area contributed by atoms with E-state index >= 15 is 0 Å². The first-order chi connectivity index (χ1) is 8.95. The number of ether oxygens (including phenoxy) is 1. The standard InChI is InChI=1S/C11H16N2O5S/c1-3-6(14)12-7-8(15)13-4-11(18-2,10(16)17)5-19-9(7)13/h7,9H,3-5H2,1-2H3,(H,12,14)(H,16,17)/t7?,9-,11?/m1/s1. The first-order valence-electron chi connectivity index (χ1n) is 5.95. The monoisotopic (exact) mass is 288 g/mol. The van der Waals surface area contributed by atoms with E-state index < -0.39 is 17.6 Å². The number of rotatable bonds is 4. The average molecular weight is 288 g/mol. The Morgan fingerprint density at radius 3 is 2.84 bits per heavy atom. The van der Waals surface area contributed by atoms with Gasteiger partial charge in [-0.15, -0.1) is 11.8 Å². The summed E-state index contributed by atoms with van der Waals surface area (Å²) in [4.78, 5) is 35.9. The number of fused-ring (bicyclic) bond motifs is 1. The van der Waals surface area contributed by atoms with Crippen molar-refractivity contribution in [3.05, 3.63) is 0 Å². The van der Waals surface area contributed by atoms with E-state index in [0.29, 0.717) is 6.42 Å². The van der Waals surface area contributed by atoms with E-state index in [4.69, 9.17) is 4.74 Å². The number of hydrogen-bond donors (Lipinski definition) is 2. The number of carbonyl (C=O) groups is 3. The summed E-state index contributed by atoms with van der Waals surface area (Å²) in [5.41, 5.74) is -1.35. The molecule has 0 aromatic heterocycles. The van der Waals surface area contributed by atoms with Gasteiger partial charge < -0.3 is 20.1 Å². The summed E-state index contributed by atoms with van der Waals surface area (Å²) in [6.45, 7) is 1.73. The van der Waals surface area contributed by atoms with Crippen LogP contribution in [0.15, 0.2) is 0 Å². The van der Waals surface area contributed by atoms with Crippen LogP contribution in [0, 0.1) is 0 Å². The molecule has 2 saturated heterocycles. The lowest BCUT2D eigenvalue weighted by Gasteiger charge is -2.53. The number of nitrogens with zero attached hydrogens (tertiary/aromatic N) is 1. The van der Waals surface area contributed by atoms with E-state index in [-0.39, 0.29) is 29.5 Å². The van der Waals surface area contributed by atoms with Crippen LogP contribution in [0.5, 0.6) is 0 Å². The van der Waals surface area contributed by atoms with Crippen LogP contribution in [-0.2, 0) is 19.1 Å². The van der Waals surface area contributed by atoms with Crippen LogP contribution in [0.1, 0.15) is 13.3 Å². The Morgan fingerprint density at radius 2 is 2.32 bits per heavy atom. The second-order valence-electron chi connectivity index (χ2n) is 4.57. The molecule has 8 heteroatoms. The van der Waals surface area contributed by atoms with Gasteiger partial charge in [-0.25, -0.2) is 4.79 Å². The van der Waals surface area contributed by atoms with Crippen molar-refractivity contribution in [2.45, 2.75) is 30.4 Å². The Balaban J connectivity index is 2.05. The van der Waals surface area contributed by atoms with Crippen LogP contribution in [0.25, 0.3) is 0 Å². The third-order valence-electron chi connectivity index (χ3n) is 3.47. The number of hydrogen-bond acceptors (Lipinski definition) is 5. The van der Waals surface area contributed by atoms with Crippen molar-refractivity contribution < 1.29 is 24.2 Å². The molecule has 0 spiro atoms. The van der Waals surface area contributed by atoms with Crippen LogP contribution in [-0.4, -0.2) is 64.2 Å². The molecule has 2 amide bonds. The highest BCUT2D eigenvalue weighted by atomic mass is 32.2. The minimum absolute atomic E-state index is 0.0217. The van der Waals surface area contributed by atoms with Crippen molar-refractivity contribution in [2.75, 3.05) is 19.4 Å². The molecule has 2 rings (SSSR count). The number of aliphatic carboxylic acids is 1. The quantitative estimate of drug-likeness (QED) is 0.662. The van der Waals surface area contributed by atoms with E-state index in [9.17, 15) is 19.5 Å². The molecular weight excluding hydrogens is 272 g/mol. The predicted molar refractivity (Wildman–Crippen MR) is 67.6 cm³/mol. The van der Waals surface area contributed by atoms with Crippen molar-refractivity contribution >= 4 is 29.5 Å². The van der Waals surface area contributed by atoms with Gasteiger partial charge in [-0.2, -0.15) is 0 Å². The van der Waals surface area contributed by atoms with Crippen LogP contribution < -0.4 is 5.32 Å². The highest BCUT2D eigenvalue weighted by molar-refractivity contribution is 8.00. The van der Waals surface area contributed by atoms with Gasteiger partial charge in [0.15, 0.2) is 5.60 Å². The van der Waals surface area contributed by atoms with Gasteiger partial charge in [-0.3, -0.25) is 9.59 Å². The predicted octanol–water partition coefficient (Wildman–Crippen LogP) is -0.734. The number of amides is 2. The van der Waals surface area contributed by atoms with Crippen LogP contribution >= 0.6 is 11.8 Å². The van der Waals surface area contributed by atoms with Crippen LogP contribution in [0.3, 0.4) is 0 Å². The fourth-order valence-electron chi connectivity index (χ4n) is 2.17. The topological polar surface area (TPSA) is 95.9 Å². The zero-order valence-electron chi connectivity index (χ0n) is 10.7. The molecule has 0 radical (unpaired) electrons. The Bertz CT molecular complexity index is 429. The molecule has 2 aliphatic heterocycles. The maximum atomic E-state index is 11.9. The molecule has 2 unspecified atom stereocenters. The zero-order chi connectivity index (χ0) is 14.2. The highest BCUT2D eigenvalue weighted by Gasteiger charge is 2.57. The molecule has 7 nitrogen and oxygen atoms in total. The van der Waals surface area contributed by atoms with Crippen LogP contribution in [0.4, 0.5) is 0 Å². The number of carboxylic acids is 1. The Kier molecular flexibility index (Phi) is 3.73. The van der Waals surface area contributed by atoms with Gasteiger partial charge in [-0.05, 0) is 0 Å². The fourth-order valence-corrected chi connectivity index (χ4v) is 3.68. The molecule has 2 N–H and O–H groups in total. The van der Waals surface area contributed by atoms with Gasteiger partial charge in [0.25, 0.3) is 0 Å². The van der Waals surface area contributed by atoms with Gasteiger partial charge in [0, 0.05) is 19.3 Å². The summed E-state index contributed by atoms with van der Waals surface area (Å²) in [5.74, 6) is -1.25. The molecular formula is C11H16N2O5S. The Morgan fingerprint density at radius 1 is 1.63 bits per heavy atom. The van der Waals surface area contributed by atoms with Gasteiger partial charge in [0.05, 0.1) is 6.54 Å². The zero-order valence-corrected chi connectivity index (χ0v) is 11.5. The number of thioether (sulfide) groups is 1. The summed E-state index contributed by atoms with van der Waals surface area (Å²) < 4.78 is 5.08. The highest BCUT2D eigenvalue weighted by Crippen LogP contribution is 2.39. The minimum atomic E-state index is -1.35. The van der Waals surface area contributed by atoms with Gasteiger partial charge in [-0.1, -0.05) is 6.92 Å². The summed E-state index contributed by atoms with van der Waals surface area (Å²) in [7, 11) is 1.33. The van der Waals surface area contributed by atoms with Crippen LogP contribution in [0.2, 0.25) is 0 Å².